The summed E-state index contributed by atoms with van der Waals surface area (Å²) in [4.78, 5) is 0. The van der Waals surface area contributed by atoms with Gasteiger partial charge in [-0.1, -0.05) is 29.3 Å². The summed E-state index contributed by atoms with van der Waals surface area (Å²) in [6.45, 7) is 0. The number of hydrogen-bond acceptors (Lipinski definition) is 2. The molecule has 1 rings (SSSR count). The van der Waals surface area contributed by atoms with Crippen molar-refractivity contribution in [3.63, 3.8) is 0 Å². The molecule has 1 aromatic rings. The molecule has 0 saturated heterocycles. The SMILES string of the molecule is CS(=O)(=O)/N=C/c1ccc(Cl)cc1Cl. The molecule has 76 valence electrons. The second-order valence-electron chi connectivity index (χ2n) is 2.63. The van der Waals surface area contributed by atoms with Gasteiger partial charge in [0, 0.05) is 16.8 Å². The van der Waals surface area contributed by atoms with Gasteiger partial charge in [-0.15, -0.1) is 0 Å². The van der Waals surface area contributed by atoms with E-state index in [0.717, 1.165) is 6.26 Å². The predicted octanol–water partition coefficient (Wildman–Crippen LogP) is 2.37. The number of sulfonamides is 1. The summed E-state index contributed by atoms with van der Waals surface area (Å²) < 4.78 is 24.8. The average Bonchev–Trinajstić information content (AvgIpc) is 2.00. The van der Waals surface area contributed by atoms with E-state index in [2.05, 4.69) is 4.40 Å². The Balaban J connectivity index is 3.05. The molecule has 0 aliphatic carbocycles. The third-order valence-corrected chi connectivity index (χ3v) is 2.40. The molecular weight excluding hydrogens is 245 g/mol. The second-order valence-corrected chi connectivity index (χ2v) is 5.15. The highest BCUT2D eigenvalue weighted by molar-refractivity contribution is 7.89. The molecule has 0 heterocycles. The van der Waals surface area contributed by atoms with Gasteiger partial charge in [-0.05, 0) is 12.1 Å². The van der Waals surface area contributed by atoms with Gasteiger partial charge in [0.1, 0.15) is 0 Å². The Morgan fingerprint density at radius 1 is 1.36 bits per heavy atom. The van der Waals surface area contributed by atoms with Crippen molar-refractivity contribution in [3.8, 4) is 0 Å². The maximum atomic E-state index is 10.7. The summed E-state index contributed by atoms with van der Waals surface area (Å²) in [5, 5.41) is 0.858. The summed E-state index contributed by atoms with van der Waals surface area (Å²) >= 11 is 11.4. The van der Waals surface area contributed by atoms with Crippen LogP contribution in [0.1, 0.15) is 5.56 Å². The van der Waals surface area contributed by atoms with Crippen LogP contribution in [0.5, 0.6) is 0 Å². The molecule has 0 radical (unpaired) electrons. The summed E-state index contributed by atoms with van der Waals surface area (Å²) in [5.41, 5.74) is 0.515. The van der Waals surface area contributed by atoms with E-state index < -0.39 is 10.0 Å². The lowest BCUT2D eigenvalue weighted by atomic mass is 10.2. The average molecular weight is 252 g/mol. The van der Waals surface area contributed by atoms with Crippen LogP contribution >= 0.6 is 23.2 Å². The Morgan fingerprint density at radius 3 is 2.50 bits per heavy atom. The summed E-state index contributed by atoms with van der Waals surface area (Å²) in [7, 11) is -3.37. The molecule has 14 heavy (non-hydrogen) atoms. The number of rotatable bonds is 2. The van der Waals surface area contributed by atoms with Crippen LogP contribution in [0.25, 0.3) is 0 Å². The van der Waals surface area contributed by atoms with Crippen molar-refractivity contribution in [3.05, 3.63) is 33.8 Å². The minimum atomic E-state index is -3.37. The number of benzene rings is 1. The fraction of sp³-hybridized carbons (Fsp3) is 0.125. The highest BCUT2D eigenvalue weighted by Crippen LogP contribution is 2.19. The predicted molar refractivity (Wildman–Crippen MR) is 58.9 cm³/mol. The van der Waals surface area contributed by atoms with Crippen molar-refractivity contribution < 1.29 is 8.42 Å². The molecule has 0 fully saturated rings. The monoisotopic (exact) mass is 251 g/mol. The smallest absolute Gasteiger partial charge is 0.205 e. The largest absolute Gasteiger partial charge is 0.250 e. The van der Waals surface area contributed by atoms with Gasteiger partial charge in [-0.3, -0.25) is 0 Å². The minimum absolute atomic E-state index is 0.366. The van der Waals surface area contributed by atoms with Gasteiger partial charge in [0.05, 0.1) is 11.3 Å². The summed E-state index contributed by atoms with van der Waals surface area (Å²) in [6.07, 6.45) is 2.20. The molecule has 1 aromatic carbocycles. The van der Waals surface area contributed by atoms with Gasteiger partial charge in [0.15, 0.2) is 0 Å². The zero-order valence-electron chi connectivity index (χ0n) is 7.24. The quantitative estimate of drug-likeness (QED) is 0.758. The highest BCUT2D eigenvalue weighted by Gasteiger charge is 2.00. The van der Waals surface area contributed by atoms with Gasteiger partial charge >= 0.3 is 0 Å². The third kappa shape index (κ3) is 3.65. The lowest BCUT2D eigenvalue weighted by Crippen LogP contribution is -1.92. The Labute approximate surface area is 92.4 Å². The molecule has 0 aliphatic rings. The van der Waals surface area contributed by atoms with Crippen LogP contribution in [0.4, 0.5) is 0 Å². The molecule has 0 unspecified atom stereocenters. The molecule has 3 nitrogen and oxygen atoms in total. The third-order valence-electron chi connectivity index (χ3n) is 1.35. The Morgan fingerprint density at radius 2 is 2.00 bits per heavy atom. The van der Waals surface area contributed by atoms with E-state index in [1.807, 2.05) is 0 Å². The maximum Gasteiger partial charge on any atom is 0.250 e. The number of hydrogen-bond donors (Lipinski definition) is 0. The molecular formula is C8H7Cl2NO2S. The van der Waals surface area contributed by atoms with Gasteiger partial charge in [0.25, 0.3) is 0 Å². The van der Waals surface area contributed by atoms with Crippen molar-refractivity contribution in [1.29, 1.82) is 0 Å². The summed E-state index contributed by atoms with van der Waals surface area (Å²) in [6, 6.07) is 4.73. The van der Waals surface area contributed by atoms with Crippen molar-refractivity contribution in [2.24, 2.45) is 4.40 Å². The fourth-order valence-corrected chi connectivity index (χ4v) is 1.52. The topological polar surface area (TPSA) is 46.5 Å². The van der Waals surface area contributed by atoms with E-state index in [1.165, 1.54) is 12.3 Å². The van der Waals surface area contributed by atoms with Gasteiger partial charge < -0.3 is 0 Å². The first-order valence-corrected chi connectivity index (χ1v) is 6.19. The van der Waals surface area contributed by atoms with Crippen molar-refractivity contribution in [2.45, 2.75) is 0 Å². The second kappa shape index (κ2) is 4.29. The molecule has 0 bridgehead atoms. The van der Waals surface area contributed by atoms with Crippen LogP contribution in [0.15, 0.2) is 22.6 Å². The number of halogens is 2. The Bertz CT molecular complexity index is 468. The first kappa shape index (κ1) is 11.5. The van der Waals surface area contributed by atoms with Gasteiger partial charge in [-0.25, -0.2) is 8.42 Å². The zero-order chi connectivity index (χ0) is 10.8. The number of nitrogens with zero attached hydrogens (tertiary/aromatic N) is 1. The molecule has 0 aromatic heterocycles. The normalized spacial score (nSPS) is 12.2. The van der Waals surface area contributed by atoms with E-state index in [9.17, 15) is 8.42 Å². The standard InChI is InChI=1S/C8H7Cl2NO2S/c1-14(12,13)11-5-6-2-3-7(9)4-8(6)10/h2-5H,1H3/b11-5+. The van der Waals surface area contributed by atoms with Crippen LogP contribution < -0.4 is 0 Å². The molecule has 0 amide bonds. The van der Waals surface area contributed by atoms with Gasteiger partial charge in [-0.2, -0.15) is 4.40 Å². The highest BCUT2D eigenvalue weighted by atomic mass is 35.5. The molecule has 0 aliphatic heterocycles. The van der Waals surface area contributed by atoms with Crippen LogP contribution in [0.2, 0.25) is 10.0 Å². The van der Waals surface area contributed by atoms with Crippen LogP contribution in [0, 0.1) is 0 Å². The molecule has 0 atom stereocenters. The fourth-order valence-electron chi connectivity index (χ4n) is 0.759. The van der Waals surface area contributed by atoms with E-state index in [0.29, 0.717) is 15.6 Å². The minimum Gasteiger partial charge on any atom is -0.205 e. The van der Waals surface area contributed by atoms with Crippen LogP contribution in [-0.4, -0.2) is 20.9 Å². The van der Waals surface area contributed by atoms with E-state index in [1.54, 1.807) is 12.1 Å². The Hall–Kier alpha value is -0.580. The Kier molecular flexibility index (Phi) is 3.53. The first-order chi connectivity index (χ1) is 6.38. The zero-order valence-corrected chi connectivity index (χ0v) is 9.57. The lowest BCUT2D eigenvalue weighted by Gasteiger charge is -1.97. The molecule has 0 spiro atoms. The van der Waals surface area contributed by atoms with Crippen molar-refractivity contribution in [2.75, 3.05) is 6.26 Å². The van der Waals surface area contributed by atoms with Crippen molar-refractivity contribution in [1.82, 2.24) is 0 Å². The molecule has 0 saturated carbocycles. The van der Waals surface area contributed by atoms with E-state index in [4.69, 9.17) is 23.2 Å². The van der Waals surface area contributed by atoms with E-state index in [-0.39, 0.29) is 0 Å². The van der Waals surface area contributed by atoms with Crippen molar-refractivity contribution >= 4 is 39.4 Å². The lowest BCUT2D eigenvalue weighted by molar-refractivity contribution is 0.604. The first-order valence-electron chi connectivity index (χ1n) is 3.59. The maximum absolute atomic E-state index is 10.7. The summed E-state index contributed by atoms with van der Waals surface area (Å²) in [5.74, 6) is 0. The van der Waals surface area contributed by atoms with E-state index >= 15 is 0 Å². The van der Waals surface area contributed by atoms with Gasteiger partial charge in [0.2, 0.25) is 10.0 Å². The van der Waals surface area contributed by atoms with Crippen LogP contribution in [-0.2, 0) is 10.0 Å². The van der Waals surface area contributed by atoms with Crippen LogP contribution in [0.3, 0.4) is 0 Å². The molecule has 6 heteroatoms. The molecule has 0 N–H and O–H groups in total.